The largest absolute Gasteiger partial charge is 0.456 e. The van der Waals surface area contributed by atoms with Gasteiger partial charge in [0.05, 0.1) is 16.7 Å². The Bertz CT molecular complexity index is 3250. The number of aryl methyl sites for hydroxylation is 1. The molecule has 268 valence electrons. The maximum absolute atomic E-state index is 6.21. The van der Waals surface area contributed by atoms with Crippen LogP contribution in [0.15, 0.2) is 192 Å². The van der Waals surface area contributed by atoms with Gasteiger partial charge in [-0.05, 0) is 71.6 Å². The van der Waals surface area contributed by atoms with Crippen LogP contribution in [0.5, 0.6) is 0 Å². The molecule has 0 bridgehead atoms. The molecule has 3 aromatic heterocycles. The molecule has 0 radical (unpaired) electrons. The van der Waals surface area contributed by atoms with Crippen molar-refractivity contribution in [1.82, 2.24) is 19.5 Å². The Balaban J connectivity index is 1.21. The second kappa shape index (κ2) is 13.3. The third-order valence-corrected chi connectivity index (χ3v) is 10.9. The van der Waals surface area contributed by atoms with Crippen molar-refractivity contribution < 1.29 is 4.42 Å². The summed E-state index contributed by atoms with van der Waals surface area (Å²) in [6, 6.07) is 65.8. The molecule has 0 fully saturated rings. The summed E-state index contributed by atoms with van der Waals surface area (Å²) in [5, 5.41) is 4.54. The molecule has 3 heterocycles. The zero-order valence-corrected chi connectivity index (χ0v) is 31.1. The minimum atomic E-state index is 0.593. The van der Waals surface area contributed by atoms with E-state index in [-0.39, 0.29) is 0 Å². The van der Waals surface area contributed by atoms with E-state index in [0.29, 0.717) is 17.5 Å². The Morgan fingerprint density at radius 2 is 0.930 bits per heavy atom. The number of nitrogens with zero attached hydrogens (tertiary/aromatic N) is 4. The van der Waals surface area contributed by atoms with Crippen LogP contribution in [0.2, 0.25) is 0 Å². The van der Waals surface area contributed by atoms with E-state index in [1.165, 1.54) is 21.9 Å². The topological polar surface area (TPSA) is 56.7 Å². The average molecular weight is 731 g/mol. The van der Waals surface area contributed by atoms with Gasteiger partial charge in [0.15, 0.2) is 17.5 Å². The molecule has 5 nitrogen and oxygen atoms in total. The van der Waals surface area contributed by atoms with Crippen molar-refractivity contribution >= 4 is 43.7 Å². The maximum Gasteiger partial charge on any atom is 0.166 e. The van der Waals surface area contributed by atoms with E-state index in [2.05, 4.69) is 151 Å². The van der Waals surface area contributed by atoms with E-state index in [0.717, 1.165) is 72.0 Å². The van der Waals surface area contributed by atoms with Gasteiger partial charge in [-0.1, -0.05) is 151 Å². The van der Waals surface area contributed by atoms with Gasteiger partial charge in [-0.15, -0.1) is 0 Å². The molecular weight excluding hydrogens is 697 g/mol. The van der Waals surface area contributed by atoms with Crippen LogP contribution in [0, 0.1) is 6.92 Å². The summed E-state index contributed by atoms with van der Waals surface area (Å²) in [4.78, 5) is 15.6. The highest BCUT2D eigenvalue weighted by Crippen LogP contribution is 2.40. The molecule has 5 heteroatoms. The highest BCUT2D eigenvalue weighted by molar-refractivity contribution is 6.11. The number of fused-ring (bicyclic) bond motifs is 6. The molecule has 11 aromatic rings. The first-order valence-electron chi connectivity index (χ1n) is 19.2. The fourth-order valence-electron chi connectivity index (χ4n) is 8.16. The zero-order valence-electron chi connectivity index (χ0n) is 31.1. The summed E-state index contributed by atoms with van der Waals surface area (Å²) in [7, 11) is 0. The summed E-state index contributed by atoms with van der Waals surface area (Å²) in [5.41, 5.74) is 13.4. The van der Waals surface area contributed by atoms with Gasteiger partial charge in [-0.25, -0.2) is 15.0 Å². The van der Waals surface area contributed by atoms with Crippen molar-refractivity contribution in [3.8, 4) is 62.1 Å². The second-order valence-electron chi connectivity index (χ2n) is 14.5. The van der Waals surface area contributed by atoms with Gasteiger partial charge in [0, 0.05) is 38.2 Å². The van der Waals surface area contributed by atoms with Gasteiger partial charge in [0.2, 0.25) is 0 Å². The molecule has 0 aliphatic carbocycles. The highest BCUT2D eigenvalue weighted by Gasteiger charge is 2.21. The van der Waals surface area contributed by atoms with Crippen LogP contribution in [0.1, 0.15) is 5.56 Å². The Hall–Kier alpha value is -7.63. The molecule has 0 amide bonds. The summed E-state index contributed by atoms with van der Waals surface area (Å²) in [5.74, 6) is 1.83. The first-order valence-corrected chi connectivity index (χ1v) is 19.2. The normalized spacial score (nSPS) is 11.6. The molecule has 8 aromatic carbocycles. The number of furan rings is 1. The van der Waals surface area contributed by atoms with Crippen LogP contribution in [-0.4, -0.2) is 19.5 Å². The van der Waals surface area contributed by atoms with Crippen molar-refractivity contribution in [3.63, 3.8) is 0 Å². The monoisotopic (exact) mass is 730 g/mol. The highest BCUT2D eigenvalue weighted by atomic mass is 16.3. The van der Waals surface area contributed by atoms with Gasteiger partial charge < -0.3 is 8.98 Å². The van der Waals surface area contributed by atoms with Crippen LogP contribution < -0.4 is 0 Å². The Kier molecular flexibility index (Phi) is 7.64. The SMILES string of the molecule is Cc1cccc(-c2ccc3c4ccccc4n(-c4ccc(-c5ccc6oc7ccccc7c6c5)cc4-c4nc(-c5ccccc5)nc(-c5ccccc5)n4)c3c2)c1. The molecule has 11 rings (SSSR count). The standard InChI is InChI=1S/C52H34N4O/c1-33-13-12-18-36(29-33)39-23-26-41-40-19-8-10-21-45(40)56(47(41)32-39)46-27-24-37(38-25-28-49-43(30-38)42-20-9-11-22-48(42)57-49)31-44(46)52-54-50(34-14-4-2-5-15-34)53-51(55-52)35-16-6-3-7-17-35/h2-32H,1H3. The number of para-hydroxylation sites is 2. The van der Waals surface area contributed by atoms with Crippen LogP contribution in [-0.2, 0) is 0 Å². The lowest BCUT2D eigenvalue weighted by molar-refractivity contribution is 0.669. The molecule has 57 heavy (non-hydrogen) atoms. The van der Waals surface area contributed by atoms with Gasteiger partial charge in [-0.2, -0.15) is 0 Å². The number of rotatable bonds is 6. The van der Waals surface area contributed by atoms with Crippen LogP contribution in [0.25, 0.3) is 106 Å². The Labute approximate surface area is 329 Å². The van der Waals surface area contributed by atoms with Crippen molar-refractivity contribution in [1.29, 1.82) is 0 Å². The smallest absolute Gasteiger partial charge is 0.166 e. The first kappa shape index (κ1) is 32.8. The predicted molar refractivity (Wildman–Crippen MR) is 233 cm³/mol. The molecule has 0 saturated carbocycles. The average Bonchev–Trinajstić information content (AvgIpc) is 3.81. The van der Waals surface area contributed by atoms with E-state index < -0.39 is 0 Å². The van der Waals surface area contributed by atoms with Crippen molar-refractivity contribution in [3.05, 3.63) is 194 Å². The van der Waals surface area contributed by atoms with Crippen molar-refractivity contribution in [2.24, 2.45) is 0 Å². The third-order valence-electron chi connectivity index (χ3n) is 10.9. The Morgan fingerprint density at radius 1 is 0.368 bits per heavy atom. The van der Waals surface area contributed by atoms with E-state index in [1.54, 1.807) is 0 Å². The molecule has 0 aliphatic heterocycles. The van der Waals surface area contributed by atoms with Gasteiger partial charge in [-0.3, -0.25) is 0 Å². The zero-order chi connectivity index (χ0) is 37.9. The summed E-state index contributed by atoms with van der Waals surface area (Å²) >= 11 is 0. The summed E-state index contributed by atoms with van der Waals surface area (Å²) in [6.45, 7) is 2.14. The van der Waals surface area contributed by atoms with E-state index in [1.807, 2.05) is 48.5 Å². The quantitative estimate of drug-likeness (QED) is 0.171. The molecular formula is C52H34N4O. The summed E-state index contributed by atoms with van der Waals surface area (Å²) in [6.07, 6.45) is 0. The van der Waals surface area contributed by atoms with Crippen molar-refractivity contribution in [2.45, 2.75) is 6.92 Å². The van der Waals surface area contributed by atoms with Crippen molar-refractivity contribution in [2.75, 3.05) is 0 Å². The van der Waals surface area contributed by atoms with E-state index in [9.17, 15) is 0 Å². The molecule has 0 aliphatic rings. The molecule has 0 atom stereocenters. The minimum Gasteiger partial charge on any atom is -0.456 e. The number of aromatic nitrogens is 4. The molecule has 0 unspecified atom stereocenters. The predicted octanol–water partition coefficient (Wildman–Crippen LogP) is 13.5. The van der Waals surface area contributed by atoms with Gasteiger partial charge >= 0.3 is 0 Å². The third kappa shape index (κ3) is 5.68. The molecule has 0 spiro atoms. The molecule has 0 saturated heterocycles. The lowest BCUT2D eigenvalue weighted by atomic mass is 9.99. The first-order chi connectivity index (χ1) is 28.1. The van der Waals surface area contributed by atoms with E-state index in [4.69, 9.17) is 19.4 Å². The van der Waals surface area contributed by atoms with Gasteiger partial charge in [0.1, 0.15) is 11.2 Å². The number of hydrogen-bond acceptors (Lipinski definition) is 4. The second-order valence-corrected chi connectivity index (χ2v) is 14.5. The van der Waals surface area contributed by atoms with Crippen LogP contribution in [0.3, 0.4) is 0 Å². The number of hydrogen-bond donors (Lipinski definition) is 0. The summed E-state index contributed by atoms with van der Waals surface area (Å²) < 4.78 is 8.59. The lowest BCUT2D eigenvalue weighted by Crippen LogP contribution is -2.04. The van der Waals surface area contributed by atoms with Crippen LogP contribution >= 0.6 is 0 Å². The van der Waals surface area contributed by atoms with Gasteiger partial charge in [0.25, 0.3) is 0 Å². The van der Waals surface area contributed by atoms with E-state index >= 15 is 0 Å². The van der Waals surface area contributed by atoms with Crippen LogP contribution in [0.4, 0.5) is 0 Å². The fourth-order valence-corrected chi connectivity index (χ4v) is 8.16. The maximum atomic E-state index is 6.21. The lowest BCUT2D eigenvalue weighted by Gasteiger charge is -2.17. The fraction of sp³-hybridized carbons (Fsp3) is 0.0192. The molecule has 0 N–H and O–H groups in total. The number of benzene rings is 8. The Morgan fingerprint density at radius 3 is 1.70 bits per heavy atom. The minimum absolute atomic E-state index is 0.593.